The Hall–Kier alpha value is -3.72. The Morgan fingerprint density at radius 3 is 2.64 bits per heavy atom. The van der Waals surface area contributed by atoms with Gasteiger partial charge in [-0.2, -0.15) is 0 Å². The number of benzene rings is 2. The fraction of sp³-hybridized carbons (Fsp3) is 0.370. The predicted molar refractivity (Wildman–Crippen MR) is 130 cm³/mol. The molecule has 0 unspecified atom stereocenters. The van der Waals surface area contributed by atoms with Crippen molar-refractivity contribution in [3.63, 3.8) is 0 Å². The third kappa shape index (κ3) is 4.97. The minimum atomic E-state index is -0.288. The first kappa shape index (κ1) is 24.0. The molecule has 36 heavy (non-hydrogen) atoms. The van der Waals surface area contributed by atoms with E-state index in [2.05, 4.69) is 10.3 Å². The number of fused-ring (bicyclic) bond motifs is 1. The number of para-hydroxylation sites is 1. The zero-order chi connectivity index (χ0) is 25.1. The summed E-state index contributed by atoms with van der Waals surface area (Å²) in [7, 11) is 1.61. The summed E-state index contributed by atoms with van der Waals surface area (Å²) in [5.41, 5.74) is 2.95. The summed E-state index contributed by atoms with van der Waals surface area (Å²) >= 11 is 0. The number of rotatable bonds is 6. The maximum atomic E-state index is 13.2. The van der Waals surface area contributed by atoms with Gasteiger partial charge in [0.25, 0.3) is 5.91 Å². The van der Waals surface area contributed by atoms with Gasteiger partial charge in [0.15, 0.2) is 5.69 Å². The summed E-state index contributed by atoms with van der Waals surface area (Å²) in [4.78, 5) is 32.1. The third-order valence-electron chi connectivity index (χ3n) is 6.97. The van der Waals surface area contributed by atoms with Crippen LogP contribution in [-0.4, -0.2) is 46.5 Å². The quantitative estimate of drug-likeness (QED) is 0.570. The molecular formula is C27H29FN4O4. The smallest absolute Gasteiger partial charge is 0.274 e. The highest BCUT2D eigenvalue weighted by Crippen LogP contribution is 2.29. The van der Waals surface area contributed by atoms with Crippen molar-refractivity contribution < 1.29 is 23.5 Å². The molecule has 2 aliphatic rings. The number of ether oxygens (including phenoxy) is 2. The number of hydrogen-bond donors (Lipinski definition) is 1. The normalized spacial score (nSPS) is 17.9. The van der Waals surface area contributed by atoms with Gasteiger partial charge in [0.1, 0.15) is 17.7 Å². The first-order valence-corrected chi connectivity index (χ1v) is 12.1. The number of piperidine rings is 1. The van der Waals surface area contributed by atoms with E-state index in [0.717, 1.165) is 22.6 Å². The number of carbonyl (C=O) groups excluding carboxylic acids is 2. The maximum Gasteiger partial charge on any atom is 0.274 e. The lowest BCUT2D eigenvalue weighted by atomic mass is 9.95. The fourth-order valence-corrected chi connectivity index (χ4v) is 4.86. The number of nitrogens with zero attached hydrogens (tertiary/aromatic N) is 3. The summed E-state index contributed by atoms with van der Waals surface area (Å²) in [6.07, 6.45) is 2.64. The molecule has 1 fully saturated rings. The van der Waals surface area contributed by atoms with Crippen LogP contribution in [0.4, 0.5) is 4.39 Å². The highest BCUT2D eigenvalue weighted by atomic mass is 19.1. The Morgan fingerprint density at radius 2 is 1.89 bits per heavy atom. The number of halogens is 1. The van der Waals surface area contributed by atoms with E-state index < -0.39 is 0 Å². The molecule has 2 aliphatic heterocycles. The number of methoxy groups -OCH3 is 1. The number of hydrogen-bond acceptors (Lipinski definition) is 5. The van der Waals surface area contributed by atoms with Crippen molar-refractivity contribution in [2.45, 2.75) is 38.6 Å². The van der Waals surface area contributed by atoms with Crippen LogP contribution in [0.1, 0.15) is 46.3 Å². The van der Waals surface area contributed by atoms with Crippen LogP contribution >= 0.6 is 0 Å². The second-order valence-corrected chi connectivity index (χ2v) is 9.14. The molecule has 2 amide bonds. The standard InChI is InChI=1S/C27H29FN4O4/c1-35-23-5-3-2-4-20(23)14-29-26(33)19-10-12-31(13-11-19)27(34)25-22-16-36-24(15-32(22)17-30-25)18-6-8-21(28)9-7-18/h2-9,17,19,24H,10-16H2,1H3,(H,29,33)/t24-/m1/s1. The zero-order valence-corrected chi connectivity index (χ0v) is 20.2. The molecule has 0 aliphatic carbocycles. The highest BCUT2D eigenvalue weighted by Gasteiger charge is 2.32. The topological polar surface area (TPSA) is 85.7 Å². The van der Waals surface area contributed by atoms with E-state index in [1.165, 1.54) is 12.1 Å². The first-order valence-electron chi connectivity index (χ1n) is 12.1. The average Bonchev–Trinajstić information content (AvgIpc) is 3.35. The van der Waals surface area contributed by atoms with Crippen LogP contribution in [-0.2, 0) is 29.2 Å². The Kier molecular flexibility index (Phi) is 6.99. The molecule has 1 atom stereocenters. The summed E-state index contributed by atoms with van der Waals surface area (Å²) in [6, 6.07) is 13.9. The molecule has 1 saturated heterocycles. The second-order valence-electron chi connectivity index (χ2n) is 9.14. The molecule has 0 saturated carbocycles. The van der Waals surface area contributed by atoms with Crippen LogP contribution in [0.25, 0.3) is 0 Å². The van der Waals surface area contributed by atoms with Gasteiger partial charge >= 0.3 is 0 Å². The Labute approximate surface area is 209 Å². The van der Waals surface area contributed by atoms with Crippen LogP contribution in [0.15, 0.2) is 54.9 Å². The largest absolute Gasteiger partial charge is 0.496 e. The van der Waals surface area contributed by atoms with Crippen molar-refractivity contribution in [3.05, 3.63) is 83.2 Å². The lowest BCUT2D eigenvalue weighted by molar-refractivity contribution is -0.126. The summed E-state index contributed by atoms with van der Waals surface area (Å²) < 4.78 is 26.5. The van der Waals surface area contributed by atoms with E-state index >= 15 is 0 Å². The third-order valence-corrected chi connectivity index (χ3v) is 6.97. The van der Waals surface area contributed by atoms with Gasteiger partial charge in [-0.05, 0) is 36.6 Å². The van der Waals surface area contributed by atoms with Crippen molar-refractivity contribution in [2.75, 3.05) is 20.2 Å². The van der Waals surface area contributed by atoms with Gasteiger partial charge in [0, 0.05) is 31.1 Å². The van der Waals surface area contributed by atoms with Crippen LogP contribution in [0.3, 0.4) is 0 Å². The number of likely N-dealkylation sites (tertiary alicyclic amines) is 1. The van der Waals surface area contributed by atoms with Crippen LogP contribution < -0.4 is 10.1 Å². The van der Waals surface area contributed by atoms with Crippen molar-refractivity contribution in [3.8, 4) is 5.75 Å². The van der Waals surface area contributed by atoms with Crippen molar-refractivity contribution in [1.29, 1.82) is 0 Å². The molecule has 5 rings (SSSR count). The van der Waals surface area contributed by atoms with Crippen molar-refractivity contribution in [2.24, 2.45) is 5.92 Å². The van der Waals surface area contributed by atoms with E-state index in [1.54, 1.807) is 30.5 Å². The van der Waals surface area contributed by atoms with Gasteiger partial charge in [0.05, 0.1) is 32.3 Å². The summed E-state index contributed by atoms with van der Waals surface area (Å²) in [6.45, 7) is 2.16. The van der Waals surface area contributed by atoms with Crippen LogP contribution in [0.2, 0.25) is 0 Å². The molecule has 3 heterocycles. The lowest BCUT2D eigenvalue weighted by Crippen LogP contribution is -2.43. The van der Waals surface area contributed by atoms with Crippen LogP contribution in [0, 0.1) is 11.7 Å². The molecule has 0 radical (unpaired) electrons. The molecule has 3 aromatic rings. The molecule has 9 heteroatoms. The van der Waals surface area contributed by atoms with E-state index in [1.807, 2.05) is 28.8 Å². The van der Waals surface area contributed by atoms with Crippen molar-refractivity contribution >= 4 is 11.8 Å². The maximum absolute atomic E-state index is 13.2. The lowest BCUT2D eigenvalue weighted by Gasteiger charge is -2.31. The SMILES string of the molecule is COc1ccccc1CNC(=O)C1CCN(C(=O)c2ncn3c2CO[C@@H](c2ccc(F)cc2)C3)CC1. The Balaban J connectivity index is 1.15. The van der Waals surface area contributed by atoms with E-state index in [4.69, 9.17) is 9.47 Å². The first-order chi connectivity index (χ1) is 17.5. The predicted octanol–water partition coefficient (Wildman–Crippen LogP) is 3.47. The van der Waals surface area contributed by atoms with Gasteiger partial charge in [-0.1, -0.05) is 30.3 Å². The zero-order valence-electron chi connectivity index (χ0n) is 20.2. The summed E-state index contributed by atoms with van der Waals surface area (Å²) in [5, 5.41) is 3.00. The van der Waals surface area contributed by atoms with Crippen molar-refractivity contribution in [1.82, 2.24) is 19.8 Å². The highest BCUT2D eigenvalue weighted by molar-refractivity contribution is 5.93. The molecular weight excluding hydrogens is 463 g/mol. The minimum absolute atomic E-state index is 0.00684. The molecule has 188 valence electrons. The molecule has 1 aromatic heterocycles. The number of aromatic nitrogens is 2. The molecule has 8 nitrogen and oxygen atoms in total. The van der Waals surface area contributed by atoms with Gasteiger partial charge < -0.3 is 24.3 Å². The minimum Gasteiger partial charge on any atom is -0.496 e. The summed E-state index contributed by atoms with van der Waals surface area (Å²) in [5.74, 6) is 0.172. The number of imidazole rings is 1. The van der Waals surface area contributed by atoms with Gasteiger partial charge in [0.2, 0.25) is 5.91 Å². The Bertz CT molecular complexity index is 1230. The second kappa shape index (κ2) is 10.5. The average molecular weight is 493 g/mol. The van der Waals surface area contributed by atoms with Gasteiger partial charge in [-0.15, -0.1) is 0 Å². The fourth-order valence-electron chi connectivity index (χ4n) is 4.86. The number of carbonyl (C=O) groups is 2. The number of amides is 2. The van der Waals surface area contributed by atoms with Crippen LogP contribution in [0.5, 0.6) is 5.75 Å². The van der Waals surface area contributed by atoms with E-state index in [9.17, 15) is 14.0 Å². The monoisotopic (exact) mass is 492 g/mol. The Morgan fingerprint density at radius 1 is 1.14 bits per heavy atom. The molecule has 1 N–H and O–H groups in total. The molecule has 0 spiro atoms. The van der Waals surface area contributed by atoms with Gasteiger partial charge in [-0.25, -0.2) is 9.37 Å². The molecule has 2 aromatic carbocycles. The van der Waals surface area contributed by atoms with Gasteiger partial charge in [-0.3, -0.25) is 9.59 Å². The van der Waals surface area contributed by atoms with E-state index in [-0.39, 0.29) is 36.3 Å². The molecule has 0 bridgehead atoms. The number of nitrogens with one attached hydrogen (secondary N) is 1. The van der Waals surface area contributed by atoms with E-state index in [0.29, 0.717) is 44.7 Å².